The largest absolute Gasteiger partial charge is 0.459 e. The van der Waals surface area contributed by atoms with Gasteiger partial charge in [-0.15, -0.1) is 0 Å². The van der Waals surface area contributed by atoms with Crippen molar-refractivity contribution in [2.75, 3.05) is 32.9 Å². The maximum atomic E-state index is 14.7. The molecule has 0 amide bonds. The summed E-state index contributed by atoms with van der Waals surface area (Å²) in [5.74, 6) is -0.181. The molecule has 3 unspecified atom stereocenters. The van der Waals surface area contributed by atoms with Crippen LogP contribution in [-0.2, 0) is 29.3 Å². The molecule has 0 N–H and O–H groups in total. The van der Waals surface area contributed by atoms with E-state index in [2.05, 4.69) is 0 Å². The molecule has 210 valence electrons. The Hall–Kier alpha value is -2.25. The molecule has 39 heavy (non-hydrogen) atoms. The highest BCUT2D eigenvalue weighted by Gasteiger charge is 2.57. The van der Waals surface area contributed by atoms with Gasteiger partial charge in [-0.05, 0) is 30.9 Å². The number of esters is 1. The first-order chi connectivity index (χ1) is 19.2. The van der Waals surface area contributed by atoms with Gasteiger partial charge < -0.3 is 23.4 Å². The Kier molecular flexibility index (Phi) is 8.08. The average Bonchev–Trinajstić information content (AvgIpc) is 3.53. The monoisotopic (exact) mass is 534 g/mol. The molecule has 3 atom stereocenters. The summed E-state index contributed by atoms with van der Waals surface area (Å²) < 4.78 is 26.7. The second-order valence-electron chi connectivity index (χ2n) is 11.9. The van der Waals surface area contributed by atoms with Crippen LogP contribution in [0.25, 0.3) is 0 Å². The van der Waals surface area contributed by atoms with Gasteiger partial charge in [0.25, 0.3) is 0 Å². The molecule has 1 spiro atoms. The van der Waals surface area contributed by atoms with Gasteiger partial charge in [0, 0.05) is 64.3 Å². The van der Waals surface area contributed by atoms with Crippen LogP contribution in [0.3, 0.4) is 0 Å². The number of hydrogen-bond donors (Lipinski definition) is 0. The molecule has 0 radical (unpaired) electrons. The van der Waals surface area contributed by atoms with Crippen LogP contribution >= 0.6 is 0 Å². The molecule has 2 aromatic carbocycles. The van der Waals surface area contributed by atoms with E-state index in [9.17, 15) is 4.79 Å². The highest BCUT2D eigenvalue weighted by Crippen LogP contribution is 2.47. The predicted octanol–water partition coefficient (Wildman–Crippen LogP) is 5.58. The summed E-state index contributed by atoms with van der Waals surface area (Å²) in [5.41, 5.74) is 0.136. The number of carbonyl (C=O) groups is 1. The Morgan fingerprint density at radius 2 is 1.46 bits per heavy atom. The van der Waals surface area contributed by atoms with Crippen molar-refractivity contribution in [1.82, 2.24) is 0 Å². The van der Waals surface area contributed by atoms with Crippen molar-refractivity contribution >= 4 is 5.97 Å². The normalized spacial score (nSPS) is 27.5. The second kappa shape index (κ2) is 11.7. The van der Waals surface area contributed by atoms with E-state index in [0.717, 1.165) is 36.8 Å². The second-order valence-corrected chi connectivity index (χ2v) is 11.9. The van der Waals surface area contributed by atoms with Gasteiger partial charge >= 0.3 is 5.97 Å². The maximum Gasteiger partial charge on any atom is 0.348 e. The molecule has 4 heterocycles. The zero-order chi connectivity index (χ0) is 26.7. The van der Waals surface area contributed by atoms with Crippen LogP contribution in [0.2, 0.25) is 0 Å². The first-order valence-electron chi connectivity index (χ1n) is 15.2. The van der Waals surface area contributed by atoms with Gasteiger partial charge in [-0.3, -0.25) is 0 Å². The van der Waals surface area contributed by atoms with E-state index in [1.54, 1.807) is 0 Å². The molecule has 6 heteroatoms. The lowest BCUT2D eigenvalue weighted by Gasteiger charge is -2.47. The number of carbonyl (C=O) groups excluding carboxylic acids is 1. The van der Waals surface area contributed by atoms with E-state index < -0.39 is 11.9 Å². The fourth-order valence-corrected chi connectivity index (χ4v) is 8.07. The highest BCUT2D eigenvalue weighted by molar-refractivity contribution is 5.86. The number of benzene rings is 2. The quantitative estimate of drug-likeness (QED) is 0.239. The number of rotatable bonds is 9. The summed E-state index contributed by atoms with van der Waals surface area (Å²) in [7, 11) is 0. The van der Waals surface area contributed by atoms with E-state index in [0.29, 0.717) is 31.9 Å². The lowest BCUT2D eigenvalue weighted by Crippen LogP contribution is -2.60. The van der Waals surface area contributed by atoms with Crippen molar-refractivity contribution in [1.29, 1.82) is 0 Å². The SMILES string of the molecule is CCOC(OC(C(=O)OC1CC2CCC(C1)[N+]21CCCC1)(c1ccccc1)c1ccccc1)C1CCOCC1. The van der Waals surface area contributed by atoms with Crippen molar-refractivity contribution in [3.63, 3.8) is 0 Å². The molecule has 2 bridgehead atoms. The Labute approximate surface area is 233 Å². The third-order valence-electron chi connectivity index (χ3n) is 9.95. The van der Waals surface area contributed by atoms with Crippen LogP contribution < -0.4 is 0 Å². The van der Waals surface area contributed by atoms with E-state index >= 15 is 0 Å². The molecule has 6 rings (SSSR count). The number of piperidine rings is 1. The smallest absolute Gasteiger partial charge is 0.348 e. The standard InChI is InChI=1S/C33H44NO5/c1-2-37-31(25-17-21-36-22-18-25)39-33(26-11-5-3-6-12-26,27-13-7-4-8-14-27)32(35)38-30-23-28-15-16-29(24-30)34(28)19-9-10-20-34/h3-8,11-14,25,28-31H,2,9-10,15-24H2,1H3/q+1. The molecule has 4 aliphatic heterocycles. The number of quaternary nitrogens is 1. The third kappa shape index (κ3) is 5.06. The van der Waals surface area contributed by atoms with Gasteiger partial charge in [-0.2, -0.15) is 0 Å². The van der Waals surface area contributed by atoms with Gasteiger partial charge in [-0.1, -0.05) is 60.7 Å². The van der Waals surface area contributed by atoms with Crippen molar-refractivity contribution in [3.8, 4) is 0 Å². The fraction of sp³-hybridized carbons (Fsp3) is 0.606. The lowest BCUT2D eigenvalue weighted by molar-refractivity contribution is -0.956. The van der Waals surface area contributed by atoms with Crippen molar-refractivity contribution in [2.45, 2.75) is 88.4 Å². The summed E-state index contributed by atoms with van der Waals surface area (Å²) in [6.07, 6.45) is 8.14. The summed E-state index contributed by atoms with van der Waals surface area (Å²) in [6.45, 7) is 6.45. The minimum Gasteiger partial charge on any atom is -0.459 e. The molecule has 4 saturated heterocycles. The molecular formula is C33H44NO5+. The van der Waals surface area contributed by atoms with Crippen LogP contribution in [0.15, 0.2) is 60.7 Å². The van der Waals surface area contributed by atoms with Crippen molar-refractivity contribution in [3.05, 3.63) is 71.8 Å². The molecule has 0 saturated carbocycles. The summed E-state index contributed by atoms with van der Waals surface area (Å²) in [4.78, 5) is 14.7. The summed E-state index contributed by atoms with van der Waals surface area (Å²) in [6, 6.07) is 21.0. The van der Waals surface area contributed by atoms with Crippen LogP contribution in [0.5, 0.6) is 0 Å². The van der Waals surface area contributed by atoms with Crippen LogP contribution in [0.4, 0.5) is 0 Å². The Balaban J connectivity index is 1.35. The van der Waals surface area contributed by atoms with Crippen LogP contribution in [0.1, 0.15) is 69.4 Å². The zero-order valence-electron chi connectivity index (χ0n) is 23.3. The van der Waals surface area contributed by atoms with Crippen LogP contribution in [0, 0.1) is 5.92 Å². The van der Waals surface area contributed by atoms with E-state index in [-0.39, 0.29) is 18.0 Å². The lowest BCUT2D eigenvalue weighted by atomic mass is 9.85. The predicted molar refractivity (Wildman–Crippen MR) is 149 cm³/mol. The molecular weight excluding hydrogens is 490 g/mol. The fourth-order valence-electron chi connectivity index (χ4n) is 8.07. The first kappa shape index (κ1) is 26.9. The van der Waals surface area contributed by atoms with Gasteiger partial charge in [0.2, 0.25) is 5.60 Å². The molecule has 4 fully saturated rings. The molecule has 0 aliphatic carbocycles. The van der Waals surface area contributed by atoms with Crippen molar-refractivity contribution in [2.24, 2.45) is 5.92 Å². The Morgan fingerprint density at radius 3 is 2.00 bits per heavy atom. The molecule has 0 aromatic heterocycles. The third-order valence-corrected chi connectivity index (χ3v) is 9.95. The van der Waals surface area contributed by atoms with Gasteiger partial charge in [0.15, 0.2) is 6.29 Å². The Morgan fingerprint density at radius 1 is 0.897 bits per heavy atom. The van der Waals surface area contributed by atoms with Gasteiger partial charge in [0.1, 0.15) is 6.10 Å². The van der Waals surface area contributed by atoms with E-state index in [1.807, 2.05) is 67.6 Å². The minimum atomic E-state index is -1.42. The summed E-state index contributed by atoms with van der Waals surface area (Å²) in [5, 5.41) is 0. The molecule has 2 aromatic rings. The first-order valence-corrected chi connectivity index (χ1v) is 15.2. The zero-order valence-corrected chi connectivity index (χ0v) is 23.3. The van der Waals surface area contributed by atoms with Gasteiger partial charge in [-0.25, -0.2) is 4.79 Å². The Bertz CT molecular complexity index is 1020. The topological polar surface area (TPSA) is 54.0 Å². The highest BCUT2D eigenvalue weighted by atomic mass is 16.7. The van der Waals surface area contributed by atoms with E-state index in [1.165, 1.54) is 43.3 Å². The number of ether oxygens (including phenoxy) is 4. The van der Waals surface area contributed by atoms with Crippen LogP contribution in [-0.4, -0.2) is 67.8 Å². The van der Waals surface area contributed by atoms with E-state index in [4.69, 9.17) is 18.9 Å². The number of hydrogen-bond acceptors (Lipinski definition) is 5. The average molecular weight is 535 g/mol. The maximum absolute atomic E-state index is 14.7. The summed E-state index contributed by atoms with van der Waals surface area (Å²) >= 11 is 0. The number of nitrogens with zero attached hydrogens (tertiary/aromatic N) is 1. The van der Waals surface area contributed by atoms with Crippen molar-refractivity contribution < 1.29 is 28.2 Å². The molecule has 6 nitrogen and oxygen atoms in total. The van der Waals surface area contributed by atoms with Gasteiger partial charge in [0.05, 0.1) is 25.2 Å². The minimum absolute atomic E-state index is 0.0802. The molecule has 4 aliphatic rings.